The second-order valence-electron chi connectivity index (χ2n) is 4.48. The summed E-state index contributed by atoms with van der Waals surface area (Å²) in [7, 11) is 0. The van der Waals surface area contributed by atoms with Crippen molar-refractivity contribution in [3.8, 4) is 0 Å². The Morgan fingerprint density at radius 1 is 1.53 bits per heavy atom. The fourth-order valence-corrected chi connectivity index (χ4v) is 3.50. The number of amides is 1. The van der Waals surface area contributed by atoms with Crippen molar-refractivity contribution in [3.63, 3.8) is 0 Å². The summed E-state index contributed by atoms with van der Waals surface area (Å²) in [5.74, 6) is 0.0463. The number of carbonyl (C=O) groups excluding carboxylic acids is 1. The molecule has 2 aliphatic rings. The zero-order valence-corrected chi connectivity index (χ0v) is 10.3. The molecule has 1 atom stereocenters. The number of fused-ring (bicyclic) bond motifs is 1. The van der Waals surface area contributed by atoms with Crippen LogP contribution >= 0.6 is 11.3 Å². The van der Waals surface area contributed by atoms with Gasteiger partial charge in [0.15, 0.2) is 5.13 Å². The van der Waals surface area contributed by atoms with Crippen molar-refractivity contribution < 1.29 is 9.90 Å². The molecule has 17 heavy (non-hydrogen) atoms. The summed E-state index contributed by atoms with van der Waals surface area (Å²) in [4.78, 5) is 19.0. The lowest BCUT2D eigenvalue weighted by Crippen LogP contribution is -2.47. The van der Waals surface area contributed by atoms with Crippen molar-refractivity contribution in [2.45, 2.75) is 25.4 Å². The molecule has 0 aromatic carbocycles. The molecule has 1 aromatic rings. The van der Waals surface area contributed by atoms with Crippen molar-refractivity contribution in [2.75, 3.05) is 24.5 Å². The SMILES string of the molecule is O=C1CN(c2nc3c(s2)CCCC3O)CCN1. The maximum absolute atomic E-state index is 11.3. The highest BCUT2D eigenvalue weighted by atomic mass is 32.1. The third-order valence-corrected chi connectivity index (χ3v) is 4.41. The summed E-state index contributed by atoms with van der Waals surface area (Å²) >= 11 is 1.62. The van der Waals surface area contributed by atoms with Crippen LogP contribution in [0.15, 0.2) is 0 Å². The standard InChI is InChI=1S/C11H15N3O2S/c15-7-2-1-3-8-10(7)13-11(17-8)14-5-4-12-9(16)6-14/h7,15H,1-6H2,(H,12,16). The molecule has 1 aliphatic carbocycles. The Labute approximate surface area is 103 Å². The van der Waals surface area contributed by atoms with Crippen LogP contribution in [0, 0.1) is 0 Å². The van der Waals surface area contributed by atoms with Crippen LogP contribution in [0.4, 0.5) is 5.13 Å². The number of hydrogen-bond acceptors (Lipinski definition) is 5. The number of nitrogens with one attached hydrogen (secondary N) is 1. The Morgan fingerprint density at radius 3 is 3.18 bits per heavy atom. The second-order valence-corrected chi connectivity index (χ2v) is 5.55. The first-order valence-electron chi connectivity index (χ1n) is 5.93. The molecule has 0 bridgehead atoms. The van der Waals surface area contributed by atoms with Gasteiger partial charge < -0.3 is 15.3 Å². The van der Waals surface area contributed by atoms with Gasteiger partial charge >= 0.3 is 0 Å². The Kier molecular flexibility index (Phi) is 2.76. The molecule has 1 aromatic heterocycles. The molecule has 1 amide bonds. The van der Waals surface area contributed by atoms with Gasteiger partial charge in [0.05, 0.1) is 18.3 Å². The van der Waals surface area contributed by atoms with E-state index >= 15 is 0 Å². The van der Waals surface area contributed by atoms with E-state index in [1.54, 1.807) is 11.3 Å². The van der Waals surface area contributed by atoms with E-state index in [0.717, 1.165) is 36.6 Å². The number of anilines is 1. The Hall–Kier alpha value is -1.14. The molecule has 3 rings (SSSR count). The molecule has 1 saturated heterocycles. The van der Waals surface area contributed by atoms with Crippen LogP contribution in [0.5, 0.6) is 0 Å². The molecule has 92 valence electrons. The van der Waals surface area contributed by atoms with Crippen LogP contribution in [0.3, 0.4) is 0 Å². The maximum atomic E-state index is 11.3. The van der Waals surface area contributed by atoms with Gasteiger partial charge in [-0.2, -0.15) is 0 Å². The average Bonchev–Trinajstić information content (AvgIpc) is 2.74. The molecule has 1 fully saturated rings. The second kappa shape index (κ2) is 4.27. The number of nitrogens with zero attached hydrogens (tertiary/aromatic N) is 2. The molecular weight excluding hydrogens is 238 g/mol. The van der Waals surface area contributed by atoms with Crippen LogP contribution in [-0.4, -0.2) is 35.6 Å². The van der Waals surface area contributed by atoms with E-state index in [9.17, 15) is 9.90 Å². The molecular formula is C11H15N3O2S. The first-order chi connectivity index (χ1) is 8.24. The number of thiazole rings is 1. The summed E-state index contributed by atoms with van der Waals surface area (Å²) in [6.07, 6.45) is 2.42. The summed E-state index contributed by atoms with van der Waals surface area (Å²) < 4.78 is 0. The van der Waals surface area contributed by atoms with Gasteiger partial charge in [-0.1, -0.05) is 0 Å². The van der Waals surface area contributed by atoms with Gasteiger partial charge in [0.1, 0.15) is 0 Å². The van der Waals surface area contributed by atoms with Crippen LogP contribution in [0.2, 0.25) is 0 Å². The fourth-order valence-electron chi connectivity index (χ4n) is 2.32. The molecule has 5 nitrogen and oxygen atoms in total. The van der Waals surface area contributed by atoms with Crippen molar-refractivity contribution in [1.29, 1.82) is 0 Å². The molecule has 2 heterocycles. The maximum Gasteiger partial charge on any atom is 0.239 e. The number of aliphatic hydroxyl groups is 1. The number of aromatic nitrogens is 1. The van der Waals surface area contributed by atoms with Crippen LogP contribution in [0.1, 0.15) is 29.5 Å². The third kappa shape index (κ3) is 2.02. The van der Waals surface area contributed by atoms with Gasteiger partial charge in [-0.3, -0.25) is 4.79 Å². The van der Waals surface area contributed by atoms with E-state index in [4.69, 9.17) is 0 Å². The number of piperazine rings is 1. The average molecular weight is 253 g/mol. The first-order valence-corrected chi connectivity index (χ1v) is 6.75. The van der Waals surface area contributed by atoms with E-state index in [0.29, 0.717) is 13.1 Å². The highest BCUT2D eigenvalue weighted by molar-refractivity contribution is 7.15. The van der Waals surface area contributed by atoms with Gasteiger partial charge in [0.25, 0.3) is 0 Å². The molecule has 1 unspecified atom stereocenters. The Bertz CT molecular complexity index is 446. The van der Waals surface area contributed by atoms with E-state index in [2.05, 4.69) is 10.3 Å². The summed E-state index contributed by atoms with van der Waals surface area (Å²) in [5, 5.41) is 13.6. The Balaban J connectivity index is 1.86. The molecule has 0 radical (unpaired) electrons. The van der Waals surface area contributed by atoms with Crippen molar-refractivity contribution in [2.24, 2.45) is 0 Å². The van der Waals surface area contributed by atoms with E-state index in [-0.39, 0.29) is 5.91 Å². The van der Waals surface area contributed by atoms with Gasteiger partial charge in [0, 0.05) is 18.0 Å². The number of carbonyl (C=O) groups is 1. The van der Waals surface area contributed by atoms with Crippen LogP contribution < -0.4 is 10.2 Å². The molecule has 0 spiro atoms. The highest BCUT2D eigenvalue weighted by Crippen LogP contribution is 2.36. The lowest BCUT2D eigenvalue weighted by molar-refractivity contribution is -0.120. The normalized spacial score (nSPS) is 24.4. The minimum absolute atomic E-state index is 0.0463. The van der Waals surface area contributed by atoms with Gasteiger partial charge in [-0.25, -0.2) is 4.98 Å². The number of hydrogen-bond donors (Lipinski definition) is 2. The zero-order chi connectivity index (χ0) is 11.8. The monoisotopic (exact) mass is 253 g/mol. The van der Waals surface area contributed by atoms with Crippen LogP contribution in [0.25, 0.3) is 0 Å². The molecule has 0 saturated carbocycles. The predicted octanol–water partition coefficient (Wildman–Crippen LogP) is 0.449. The van der Waals surface area contributed by atoms with E-state index in [1.165, 1.54) is 4.88 Å². The Morgan fingerprint density at radius 2 is 2.41 bits per heavy atom. The lowest BCUT2D eigenvalue weighted by Gasteiger charge is -2.25. The van der Waals surface area contributed by atoms with Gasteiger partial charge in [-0.05, 0) is 19.3 Å². The smallest absolute Gasteiger partial charge is 0.239 e. The van der Waals surface area contributed by atoms with E-state index in [1.807, 2.05) is 4.90 Å². The zero-order valence-electron chi connectivity index (χ0n) is 9.48. The number of aryl methyl sites for hydroxylation is 1. The molecule has 2 N–H and O–H groups in total. The molecule has 6 heteroatoms. The molecule has 1 aliphatic heterocycles. The number of aliphatic hydroxyl groups excluding tert-OH is 1. The van der Waals surface area contributed by atoms with Crippen molar-refractivity contribution in [3.05, 3.63) is 10.6 Å². The van der Waals surface area contributed by atoms with Gasteiger partial charge in [0.2, 0.25) is 5.91 Å². The predicted molar refractivity (Wildman–Crippen MR) is 65.2 cm³/mol. The van der Waals surface area contributed by atoms with Gasteiger partial charge in [-0.15, -0.1) is 11.3 Å². The lowest BCUT2D eigenvalue weighted by atomic mass is 10.0. The topological polar surface area (TPSA) is 65.5 Å². The fraction of sp³-hybridized carbons (Fsp3) is 0.636. The summed E-state index contributed by atoms with van der Waals surface area (Å²) in [6.45, 7) is 1.85. The number of rotatable bonds is 1. The minimum atomic E-state index is -0.414. The third-order valence-electron chi connectivity index (χ3n) is 3.22. The highest BCUT2D eigenvalue weighted by Gasteiger charge is 2.26. The van der Waals surface area contributed by atoms with E-state index < -0.39 is 6.10 Å². The summed E-state index contributed by atoms with van der Waals surface area (Å²) in [6, 6.07) is 0. The van der Waals surface area contributed by atoms with Crippen molar-refractivity contribution in [1.82, 2.24) is 10.3 Å². The first kappa shape index (κ1) is 11.0. The largest absolute Gasteiger partial charge is 0.387 e. The van der Waals surface area contributed by atoms with Crippen molar-refractivity contribution >= 4 is 22.4 Å². The van der Waals surface area contributed by atoms with Crippen LogP contribution in [-0.2, 0) is 11.2 Å². The summed E-state index contributed by atoms with van der Waals surface area (Å²) in [5.41, 5.74) is 0.835. The minimum Gasteiger partial charge on any atom is -0.387 e. The quantitative estimate of drug-likeness (QED) is 0.762.